The van der Waals surface area contributed by atoms with Crippen molar-refractivity contribution in [1.82, 2.24) is 14.5 Å². The normalized spacial score (nSPS) is 12.4. The second-order valence-electron chi connectivity index (χ2n) is 14.5. The first-order valence-corrected chi connectivity index (χ1v) is 19.4. The molecule has 0 fully saturated rings. The van der Waals surface area contributed by atoms with Crippen LogP contribution in [0.25, 0.3) is 124 Å². The maximum Gasteiger partial charge on any atom is 0.165 e. The third-order valence-electron chi connectivity index (χ3n) is 11.6. The van der Waals surface area contributed by atoms with E-state index in [4.69, 9.17) is 14.4 Å². The zero-order valence-corrected chi connectivity index (χ0v) is 30.1. The Balaban J connectivity index is 1.27. The first-order valence-electron chi connectivity index (χ1n) is 18.6. The highest BCUT2D eigenvalue weighted by Crippen LogP contribution is 2.46. The van der Waals surface area contributed by atoms with Crippen molar-refractivity contribution in [2.75, 3.05) is 0 Å². The Hall–Kier alpha value is -7.08. The molecule has 0 spiro atoms. The van der Waals surface area contributed by atoms with Gasteiger partial charge in [0.05, 0.1) is 11.0 Å². The van der Waals surface area contributed by atoms with Gasteiger partial charge in [-0.3, -0.25) is 4.57 Å². The van der Waals surface area contributed by atoms with Crippen LogP contribution in [-0.2, 0) is 0 Å². The standard InChI is InChI=1S/C50H27N3OS/c1-2-13-29-27-41-39(26-28(29)12-1)45-40(25-24-35-32-16-4-3-14-30(32)31-15-5-6-18-34(31)44(35)45)53(41)49-46(52-50-47(51-49)37-19-8-10-23-43(37)55-50)38-21-11-20-36-33-17-7-9-22-42(33)54-48(36)38/h1-27H. The predicted octanol–water partition coefficient (Wildman–Crippen LogP) is 14.1. The summed E-state index contributed by atoms with van der Waals surface area (Å²) in [7, 11) is 0. The van der Waals surface area contributed by atoms with E-state index in [1.54, 1.807) is 11.3 Å². The fourth-order valence-corrected chi connectivity index (χ4v) is 10.2. The molecule has 0 aliphatic rings. The molecule has 5 heteroatoms. The second-order valence-corrected chi connectivity index (χ2v) is 15.5. The Morgan fingerprint density at radius 3 is 1.91 bits per heavy atom. The Bertz CT molecular complexity index is 3760. The van der Waals surface area contributed by atoms with Gasteiger partial charge in [0.1, 0.15) is 27.2 Å². The van der Waals surface area contributed by atoms with Crippen LogP contribution < -0.4 is 0 Å². The maximum atomic E-state index is 6.69. The maximum absolute atomic E-state index is 6.69. The van der Waals surface area contributed by atoms with Gasteiger partial charge in [0, 0.05) is 42.6 Å². The van der Waals surface area contributed by atoms with E-state index in [1.807, 2.05) is 12.1 Å². The first-order chi connectivity index (χ1) is 27.3. The quantitative estimate of drug-likeness (QED) is 0.167. The van der Waals surface area contributed by atoms with Crippen molar-refractivity contribution in [2.45, 2.75) is 0 Å². The topological polar surface area (TPSA) is 43.9 Å². The van der Waals surface area contributed by atoms with Crippen LogP contribution in [0.4, 0.5) is 0 Å². The Labute approximate surface area is 317 Å². The molecule has 9 aromatic carbocycles. The van der Waals surface area contributed by atoms with Gasteiger partial charge in [-0.2, -0.15) is 0 Å². The summed E-state index contributed by atoms with van der Waals surface area (Å²) >= 11 is 1.69. The number of para-hydroxylation sites is 2. The van der Waals surface area contributed by atoms with E-state index in [1.165, 1.54) is 58.6 Å². The molecule has 0 N–H and O–H groups in total. The Morgan fingerprint density at radius 2 is 1.09 bits per heavy atom. The number of aromatic nitrogens is 3. The van der Waals surface area contributed by atoms with E-state index in [2.05, 4.69) is 156 Å². The SMILES string of the molecule is c1ccc2cc3c(cc2c1)c1c2c4ccccc4c4ccccc4c2ccc1n3-c1nc2c(nc1-c1cccc3c1oc1ccccc13)sc1ccccc12. The van der Waals surface area contributed by atoms with E-state index in [9.17, 15) is 0 Å². The summed E-state index contributed by atoms with van der Waals surface area (Å²) in [5.74, 6) is 0.781. The molecule has 4 aromatic heterocycles. The van der Waals surface area contributed by atoms with Crippen LogP contribution in [0.5, 0.6) is 0 Å². The molecule has 55 heavy (non-hydrogen) atoms. The zero-order valence-electron chi connectivity index (χ0n) is 29.2. The lowest BCUT2D eigenvalue weighted by molar-refractivity contribution is 0.669. The molecule has 13 rings (SSSR count). The summed E-state index contributed by atoms with van der Waals surface area (Å²) < 4.78 is 10.2. The molecule has 4 nitrogen and oxygen atoms in total. The molecule has 0 atom stereocenters. The van der Waals surface area contributed by atoms with Gasteiger partial charge in [-0.15, -0.1) is 11.3 Å². The average molecular weight is 718 g/mol. The summed E-state index contributed by atoms with van der Waals surface area (Å²) in [5.41, 5.74) is 6.46. The minimum absolute atomic E-state index is 0.781. The van der Waals surface area contributed by atoms with Gasteiger partial charge < -0.3 is 4.42 Å². The Kier molecular flexibility index (Phi) is 5.74. The van der Waals surface area contributed by atoms with Crippen LogP contribution in [0.15, 0.2) is 168 Å². The highest BCUT2D eigenvalue weighted by molar-refractivity contribution is 7.25. The van der Waals surface area contributed by atoms with Crippen LogP contribution in [-0.4, -0.2) is 14.5 Å². The highest BCUT2D eigenvalue weighted by Gasteiger charge is 2.25. The van der Waals surface area contributed by atoms with Gasteiger partial charge in [0.2, 0.25) is 0 Å². The Morgan fingerprint density at radius 1 is 0.455 bits per heavy atom. The van der Waals surface area contributed by atoms with Crippen LogP contribution in [0.3, 0.4) is 0 Å². The molecule has 254 valence electrons. The number of fused-ring (bicyclic) bond motifs is 17. The van der Waals surface area contributed by atoms with E-state index in [0.29, 0.717) is 0 Å². The highest BCUT2D eigenvalue weighted by atomic mass is 32.1. The number of hydrogen-bond donors (Lipinski definition) is 0. The van der Waals surface area contributed by atoms with Crippen molar-refractivity contribution in [2.24, 2.45) is 0 Å². The van der Waals surface area contributed by atoms with Gasteiger partial charge in [0.25, 0.3) is 0 Å². The van der Waals surface area contributed by atoms with Crippen LogP contribution >= 0.6 is 11.3 Å². The lowest BCUT2D eigenvalue weighted by Crippen LogP contribution is -2.03. The summed E-state index contributed by atoms with van der Waals surface area (Å²) in [6.45, 7) is 0. The van der Waals surface area contributed by atoms with Gasteiger partial charge in [-0.05, 0) is 74.1 Å². The fourth-order valence-electron chi connectivity index (χ4n) is 9.20. The molecule has 0 unspecified atom stereocenters. The number of furan rings is 1. The minimum atomic E-state index is 0.781. The third kappa shape index (κ3) is 3.94. The molecule has 0 amide bonds. The van der Waals surface area contributed by atoms with Gasteiger partial charge in [-0.1, -0.05) is 127 Å². The van der Waals surface area contributed by atoms with Crippen molar-refractivity contribution >= 4 is 119 Å². The summed E-state index contributed by atoms with van der Waals surface area (Å²) in [4.78, 5) is 12.2. The van der Waals surface area contributed by atoms with Crippen molar-refractivity contribution in [3.8, 4) is 17.1 Å². The van der Waals surface area contributed by atoms with Crippen LogP contribution in [0.1, 0.15) is 0 Å². The molecule has 0 saturated carbocycles. The molecule has 0 aliphatic heterocycles. The van der Waals surface area contributed by atoms with E-state index in [-0.39, 0.29) is 0 Å². The summed E-state index contributed by atoms with van der Waals surface area (Å²) in [6, 6.07) is 58.8. The molecule has 4 heterocycles. The first kappa shape index (κ1) is 29.4. The fraction of sp³-hybridized carbons (Fsp3) is 0. The van der Waals surface area contributed by atoms with Crippen molar-refractivity contribution in [3.05, 3.63) is 164 Å². The van der Waals surface area contributed by atoms with Gasteiger partial charge in [-0.25, -0.2) is 9.97 Å². The number of nitrogens with zero attached hydrogens (tertiary/aromatic N) is 3. The van der Waals surface area contributed by atoms with Crippen molar-refractivity contribution < 1.29 is 4.42 Å². The van der Waals surface area contributed by atoms with E-state index >= 15 is 0 Å². The molecule has 13 aromatic rings. The molecular formula is C50H27N3OS. The van der Waals surface area contributed by atoms with Crippen molar-refractivity contribution in [1.29, 1.82) is 0 Å². The molecular weight excluding hydrogens is 691 g/mol. The van der Waals surface area contributed by atoms with E-state index < -0.39 is 0 Å². The predicted molar refractivity (Wildman–Crippen MR) is 232 cm³/mol. The smallest absolute Gasteiger partial charge is 0.165 e. The van der Waals surface area contributed by atoms with Gasteiger partial charge in [0.15, 0.2) is 5.82 Å². The second kappa shape index (κ2) is 10.8. The number of hydrogen-bond acceptors (Lipinski definition) is 4. The zero-order chi connectivity index (χ0) is 35.8. The largest absolute Gasteiger partial charge is 0.455 e. The lowest BCUT2D eigenvalue weighted by atomic mass is 9.91. The molecule has 0 aliphatic carbocycles. The van der Waals surface area contributed by atoms with E-state index in [0.717, 1.165) is 65.8 Å². The minimum Gasteiger partial charge on any atom is -0.455 e. The molecule has 0 saturated heterocycles. The number of rotatable bonds is 2. The van der Waals surface area contributed by atoms with Crippen molar-refractivity contribution in [3.63, 3.8) is 0 Å². The van der Waals surface area contributed by atoms with Crippen LogP contribution in [0.2, 0.25) is 0 Å². The molecule has 0 bridgehead atoms. The molecule has 0 radical (unpaired) electrons. The number of benzene rings is 9. The average Bonchev–Trinajstić information content (AvgIpc) is 3.91. The van der Waals surface area contributed by atoms with Gasteiger partial charge >= 0.3 is 0 Å². The van der Waals surface area contributed by atoms with Crippen LogP contribution in [0, 0.1) is 0 Å². The number of thiophene rings is 1. The lowest BCUT2D eigenvalue weighted by Gasteiger charge is -2.14. The summed E-state index contributed by atoms with van der Waals surface area (Å²) in [6.07, 6.45) is 0. The summed E-state index contributed by atoms with van der Waals surface area (Å²) in [5, 5.41) is 15.5. The third-order valence-corrected chi connectivity index (χ3v) is 12.6. The monoisotopic (exact) mass is 717 g/mol.